The Hall–Kier alpha value is -1.69. The van der Waals surface area contributed by atoms with Crippen LogP contribution in [0.5, 0.6) is 0 Å². The van der Waals surface area contributed by atoms with Crippen LogP contribution in [0.4, 0.5) is 5.82 Å². The van der Waals surface area contributed by atoms with E-state index in [4.69, 9.17) is 9.97 Å². The number of piperidine rings is 1. The first-order valence-electron chi connectivity index (χ1n) is 9.44. The summed E-state index contributed by atoms with van der Waals surface area (Å²) in [6, 6.07) is 0.0207. The van der Waals surface area contributed by atoms with Crippen molar-refractivity contribution in [3.05, 3.63) is 17.1 Å². The second kappa shape index (κ2) is 7.28. The van der Waals surface area contributed by atoms with Crippen molar-refractivity contribution in [2.75, 3.05) is 39.1 Å². The van der Waals surface area contributed by atoms with E-state index in [9.17, 15) is 4.79 Å². The monoisotopic (exact) mass is 345 g/mol. The van der Waals surface area contributed by atoms with E-state index in [1.165, 1.54) is 5.56 Å². The third-order valence-electron chi connectivity index (χ3n) is 5.25. The Morgan fingerprint density at radius 2 is 1.96 bits per heavy atom. The number of nitrogens with zero attached hydrogens (tertiary/aromatic N) is 5. The highest BCUT2D eigenvalue weighted by molar-refractivity contribution is 5.78. The van der Waals surface area contributed by atoms with E-state index < -0.39 is 0 Å². The second-order valence-corrected chi connectivity index (χ2v) is 7.91. The van der Waals surface area contributed by atoms with Crippen molar-refractivity contribution in [2.24, 2.45) is 5.92 Å². The van der Waals surface area contributed by atoms with Gasteiger partial charge < -0.3 is 14.7 Å². The van der Waals surface area contributed by atoms with Crippen molar-refractivity contribution in [1.29, 1.82) is 0 Å². The Bertz CT molecular complexity index is 643. The summed E-state index contributed by atoms with van der Waals surface area (Å²) in [4.78, 5) is 29.0. The summed E-state index contributed by atoms with van der Waals surface area (Å²) in [5.41, 5.74) is 2.40. The lowest BCUT2D eigenvalue weighted by Crippen LogP contribution is -2.42. The van der Waals surface area contributed by atoms with Gasteiger partial charge in [-0.25, -0.2) is 9.97 Å². The molecule has 3 rings (SSSR count). The Morgan fingerprint density at radius 1 is 1.20 bits per heavy atom. The normalized spacial score (nSPS) is 21.4. The smallest absolute Gasteiger partial charge is 0.225 e. The van der Waals surface area contributed by atoms with Gasteiger partial charge in [-0.2, -0.15) is 0 Å². The molecule has 6 nitrogen and oxygen atoms in total. The number of rotatable bonds is 3. The van der Waals surface area contributed by atoms with E-state index in [0.29, 0.717) is 0 Å². The molecular weight excluding hydrogens is 314 g/mol. The summed E-state index contributed by atoms with van der Waals surface area (Å²) in [7, 11) is 6.22. The number of anilines is 1. The van der Waals surface area contributed by atoms with Crippen LogP contribution >= 0.6 is 0 Å². The van der Waals surface area contributed by atoms with Gasteiger partial charge in [0, 0.05) is 51.6 Å². The molecule has 1 fully saturated rings. The molecule has 1 atom stereocenters. The number of aromatic nitrogens is 2. The van der Waals surface area contributed by atoms with Crippen LogP contribution in [0.1, 0.15) is 56.2 Å². The lowest BCUT2D eigenvalue weighted by molar-refractivity contribution is -0.138. The molecule has 3 heterocycles. The predicted molar refractivity (Wildman–Crippen MR) is 99.5 cm³/mol. The first-order valence-corrected chi connectivity index (χ1v) is 9.44. The molecule has 6 heteroatoms. The maximum atomic E-state index is 12.7. The number of fused-ring (bicyclic) bond motifs is 1. The van der Waals surface area contributed by atoms with Crippen LogP contribution in [-0.4, -0.2) is 59.9 Å². The third-order valence-corrected chi connectivity index (χ3v) is 5.25. The molecule has 138 valence electrons. The molecule has 0 saturated carbocycles. The fourth-order valence-electron chi connectivity index (χ4n) is 3.86. The fourth-order valence-corrected chi connectivity index (χ4v) is 3.86. The Kier molecular flexibility index (Phi) is 5.27. The fraction of sp³-hybridized carbons (Fsp3) is 0.737. The third kappa shape index (κ3) is 3.64. The standard InChI is InChI=1S/C19H31N5O/c1-13(2)19(25)24-10-7-6-8-16(24)17-20-15-9-11-23(5)12-14(15)18(21-17)22(3)4/h13,16H,6-12H2,1-5H3. The van der Waals surface area contributed by atoms with E-state index in [0.717, 1.165) is 62.7 Å². The topological polar surface area (TPSA) is 52.6 Å². The zero-order chi connectivity index (χ0) is 18.1. The molecule has 0 aliphatic carbocycles. The van der Waals surface area contributed by atoms with Gasteiger partial charge in [0.2, 0.25) is 5.91 Å². The van der Waals surface area contributed by atoms with Crippen LogP contribution in [0, 0.1) is 5.92 Å². The van der Waals surface area contributed by atoms with Gasteiger partial charge in [-0.3, -0.25) is 4.79 Å². The maximum Gasteiger partial charge on any atom is 0.225 e. The second-order valence-electron chi connectivity index (χ2n) is 7.91. The van der Waals surface area contributed by atoms with E-state index in [1.54, 1.807) is 0 Å². The van der Waals surface area contributed by atoms with Gasteiger partial charge >= 0.3 is 0 Å². The summed E-state index contributed by atoms with van der Waals surface area (Å²) in [6.07, 6.45) is 4.12. The average molecular weight is 345 g/mol. The largest absolute Gasteiger partial charge is 0.362 e. The summed E-state index contributed by atoms with van der Waals surface area (Å²) < 4.78 is 0. The van der Waals surface area contributed by atoms with E-state index >= 15 is 0 Å². The molecule has 2 aliphatic heterocycles. The summed E-state index contributed by atoms with van der Waals surface area (Å²) >= 11 is 0. The number of carbonyl (C=O) groups excluding carboxylic acids is 1. The van der Waals surface area contributed by atoms with Gasteiger partial charge in [0.1, 0.15) is 5.82 Å². The van der Waals surface area contributed by atoms with Crippen LogP contribution in [0.3, 0.4) is 0 Å². The number of likely N-dealkylation sites (N-methyl/N-ethyl adjacent to an activating group) is 1. The zero-order valence-electron chi connectivity index (χ0n) is 16.2. The highest BCUT2D eigenvalue weighted by atomic mass is 16.2. The van der Waals surface area contributed by atoms with Gasteiger partial charge in [-0.1, -0.05) is 13.8 Å². The summed E-state index contributed by atoms with van der Waals surface area (Å²) in [6.45, 7) is 6.69. The number of amides is 1. The van der Waals surface area contributed by atoms with E-state index in [2.05, 4.69) is 16.8 Å². The zero-order valence-corrected chi connectivity index (χ0v) is 16.2. The molecule has 0 N–H and O–H groups in total. The SMILES string of the molecule is CC(C)C(=O)N1CCCCC1c1nc2c(c(N(C)C)n1)CN(C)CC2. The molecule has 1 unspecified atom stereocenters. The summed E-state index contributed by atoms with van der Waals surface area (Å²) in [5.74, 6) is 2.08. The molecule has 2 aliphatic rings. The van der Waals surface area contributed by atoms with Crippen molar-refractivity contribution >= 4 is 11.7 Å². The number of hydrogen-bond acceptors (Lipinski definition) is 5. The molecule has 1 amide bonds. The maximum absolute atomic E-state index is 12.7. The minimum absolute atomic E-state index is 0.0141. The molecule has 0 radical (unpaired) electrons. The molecule has 25 heavy (non-hydrogen) atoms. The number of carbonyl (C=O) groups is 1. The van der Waals surface area contributed by atoms with E-state index in [-0.39, 0.29) is 17.9 Å². The van der Waals surface area contributed by atoms with Crippen LogP contribution in [0.2, 0.25) is 0 Å². The molecule has 1 aromatic rings. The van der Waals surface area contributed by atoms with Crippen molar-refractivity contribution in [3.63, 3.8) is 0 Å². The van der Waals surface area contributed by atoms with Crippen LogP contribution in [-0.2, 0) is 17.8 Å². The molecular formula is C19H31N5O. The van der Waals surface area contributed by atoms with Gasteiger partial charge in [-0.15, -0.1) is 0 Å². The van der Waals surface area contributed by atoms with Crippen molar-refractivity contribution < 1.29 is 4.79 Å². The average Bonchev–Trinajstić information content (AvgIpc) is 2.60. The first kappa shape index (κ1) is 18.1. The first-order chi connectivity index (χ1) is 11.9. The van der Waals surface area contributed by atoms with Crippen LogP contribution < -0.4 is 4.90 Å². The van der Waals surface area contributed by atoms with Gasteiger partial charge in [-0.05, 0) is 26.3 Å². The molecule has 0 bridgehead atoms. The Morgan fingerprint density at radius 3 is 2.64 bits per heavy atom. The highest BCUT2D eigenvalue weighted by Crippen LogP contribution is 2.33. The predicted octanol–water partition coefficient (Wildman–Crippen LogP) is 2.24. The minimum Gasteiger partial charge on any atom is -0.362 e. The van der Waals surface area contributed by atoms with E-state index in [1.807, 2.05) is 32.8 Å². The van der Waals surface area contributed by atoms with Gasteiger partial charge in [0.05, 0.1) is 11.7 Å². The number of likely N-dealkylation sites (tertiary alicyclic amines) is 1. The minimum atomic E-state index is 0.0141. The van der Waals surface area contributed by atoms with Gasteiger partial charge in [0.25, 0.3) is 0 Å². The van der Waals surface area contributed by atoms with Crippen molar-refractivity contribution in [1.82, 2.24) is 19.8 Å². The summed E-state index contributed by atoms with van der Waals surface area (Å²) in [5, 5.41) is 0. The van der Waals surface area contributed by atoms with Crippen molar-refractivity contribution in [3.8, 4) is 0 Å². The molecule has 0 spiro atoms. The lowest BCUT2D eigenvalue weighted by Gasteiger charge is -2.37. The van der Waals surface area contributed by atoms with Crippen molar-refractivity contribution in [2.45, 2.75) is 52.1 Å². The number of hydrogen-bond donors (Lipinski definition) is 0. The Balaban J connectivity index is 2.01. The highest BCUT2D eigenvalue weighted by Gasteiger charge is 2.33. The van der Waals surface area contributed by atoms with Crippen LogP contribution in [0.15, 0.2) is 0 Å². The quantitative estimate of drug-likeness (QED) is 0.841. The molecule has 1 aromatic heterocycles. The van der Waals surface area contributed by atoms with Gasteiger partial charge in [0.15, 0.2) is 5.82 Å². The molecule has 1 saturated heterocycles. The molecule has 0 aromatic carbocycles. The van der Waals surface area contributed by atoms with Crippen LogP contribution in [0.25, 0.3) is 0 Å². The Labute approximate surface area is 151 Å². The lowest BCUT2D eigenvalue weighted by atomic mass is 9.98.